The lowest BCUT2D eigenvalue weighted by atomic mass is 9.83. The SMILES string of the molecule is CNC(=O)CC(c1ccccc1C(F)(F)F)C(C)C. The van der Waals surface area contributed by atoms with Crippen LogP contribution in [0.2, 0.25) is 0 Å². The molecule has 106 valence electrons. The number of amides is 1. The number of carbonyl (C=O) groups is 1. The highest BCUT2D eigenvalue weighted by Gasteiger charge is 2.35. The van der Waals surface area contributed by atoms with E-state index >= 15 is 0 Å². The third-order valence-corrected chi connectivity index (χ3v) is 3.15. The second-order valence-corrected chi connectivity index (χ2v) is 4.81. The summed E-state index contributed by atoms with van der Waals surface area (Å²) in [4.78, 5) is 11.5. The molecule has 0 saturated carbocycles. The molecule has 1 amide bonds. The standard InChI is InChI=1S/C14H18F3NO/c1-9(2)11(8-13(19)18-3)10-6-4-5-7-12(10)14(15,16)17/h4-7,9,11H,8H2,1-3H3,(H,18,19). The Labute approximate surface area is 111 Å². The lowest BCUT2D eigenvalue weighted by Crippen LogP contribution is -2.24. The second kappa shape index (κ2) is 6.08. The highest BCUT2D eigenvalue weighted by molar-refractivity contribution is 5.76. The van der Waals surface area contributed by atoms with Gasteiger partial charge in [-0.2, -0.15) is 13.2 Å². The van der Waals surface area contributed by atoms with Crippen molar-refractivity contribution in [3.63, 3.8) is 0 Å². The molecule has 19 heavy (non-hydrogen) atoms. The normalized spacial score (nSPS) is 13.4. The first kappa shape index (κ1) is 15.5. The molecule has 5 heteroatoms. The van der Waals surface area contributed by atoms with Crippen LogP contribution in [0.3, 0.4) is 0 Å². The number of hydrogen-bond donors (Lipinski definition) is 1. The number of benzene rings is 1. The first-order valence-corrected chi connectivity index (χ1v) is 6.14. The Bertz CT molecular complexity index is 441. The van der Waals surface area contributed by atoms with Crippen LogP contribution < -0.4 is 5.32 Å². The van der Waals surface area contributed by atoms with Gasteiger partial charge in [-0.05, 0) is 23.5 Å². The van der Waals surface area contributed by atoms with Crippen LogP contribution in [0, 0.1) is 5.92 Å². The number of halogens is 3. The molecule has 0 saturated heterocycles. The second-order valence-electron chi connectivity index (χ2n) is 4.81. The lowest BCUT2D eigenvalue weighted by Gasteiger charge is -2.24. The van der Waals surface area contributed by atoms with Crippen molar-refractivity contribution in [3.8, 4) is 0 Å². The number of carbonyl (C=O) groups excluding carboxylic acids is 1. The average molecular weight is 273 g/mol. The van der Waals surface area contributed by atoms with E-state index < -0.39 is 17.7 Å². The lowest BCUT2D eigenvalue weighted by molar-refractivity contribution is -0.138. The summed E-state index contributed by atoms with van der Waals surface area (Å²) in [5, 5.41) is 2.46. The molecule has 0 aliphatic carbocycles. The van der Waals surface area contributed by atoms with Gasteiger partial charge in [0.05, 0.1) is 5.56 Å². The van der Waals surface area contributed by atoms with Crippen molar-refractivity contribution in [2.75, 3.05) is 7.05 Å². The number of rotatable bonds is 4. The van der Waals surface area contributed by atoms with Gasteiger partial charge in [-0.1, -0.05) is 32.0 Å². The van der Waals surface area contributed by atoms with Crippen LogP contribution in [0.15, 0.2) is 24.3 Å². The Morgan fingerprint density at radius 1 is 1.26 bits per heavy atom. The minimum atomic E-state index is -4.40. The Morgan fingerprint density at radius 3 is 2.32 bits per heavy atom. The van der Waals surface area contributed by atoms with Crippen LogP contribution in [0.25, 0.3) is 0 Å². The molecule has 1 aromatic carbocycles. The zero-order valence-electron chi connectivity index (χ0n) is 11.2. The maximum absolute atomic E-state index is 13.0. The van der Waals surface area contributed by atoms with Crippen molar-refractivity contribution < 1.29 is 18.0 Å². The molecule has 2 nitrogen and oxygen atoms in total. The molecular weight excluding hydrogens is 255 g/mol. The number of hydrogen-bond acceptors (Lipinski definition) is 1. The minimum absolute atomic E-state index is 0.0548. The maximum Gasteiger partial charge on any atom is 0.416 e. The predicted molar refractivity (Wildman–Crippen MR) is 67.7 cm³/mol. The van der Waals surface area contributed by atoms with E-state index in [2.05, 4.69) is 5.32 Å². The fourth-order valence-corrected chi connectivity index (χ4v) is 2.09. The highest BCUT2D eigenvalue weighted by atomic mass is 19.4. The van der Waals surface area contributed by atoms with E-state index in [1.165, 1.54) is 19.2 Å². The van der Waals surface area contributed by atoms with Gasteiger partial charge in [-0.25, -0.2) is 0 Å². The summed E-state index contributed by atoms with van der Waals surface area (Å²) in [7, 11) is 1.48. The van der Waals surface area contributed by atoms with Crippen molar-refractivity contribution in [1.29, 1.82) is 0 Å². The zero-order chi connectivity index (χ0) is 14.6. The van der Waals surface area contributed by atoms with E-state index in [0.717, 1.165) is 6.07 Å². The topological polar surface area (TPSA) is 29.1 Å². The fraction of sp³-hybridized carbons (Fsp3) is 0.500. The Kier molecular flexibility index (Phi) is 4.97. The van der Waals surface area contributed by atoms with Gasteiger partial charge in [-0.3, -0.25) is 4.79 Å². The molecule has 1 aromatic rings. The Morgan fingerprint density at radius 2 is 1.84 bits per heavy atom. The van der Waals surface area contributed by atoms with Crippen LogP contribution in [-0.4, -0.2) is 13.0 Å². The molecule has 1 rings (SSSR count). The predicted octanol–water partition coefficient (Wildman–Crippen LogP) is 3.58. The van der Waals surface area contributed by atoms with Crippen LogP contribution in [-0.2, 0) is 11.0 Å². The highest BCUT2D eigenvalue weighted by Crippen LogP contribution is 2.38. The monoisotopic (exact) mass is 273 g/mol. The van der Waals surface area contributed by atoms with Gasteiger partial charge in [0.2, 0.25) is 5.91 Å². The van der Waals surface area contributed by atoms with Gasteiger partial charge in [0.1, 0.15) is 0 Å². The van der Waals surface area contributed by atoms with Gasteiger partial charge in [0, 0.05) is 13.5 Å². The van der Waals surface area contributed by atoms with E-state index in [0.29, 0.717) is 0 Å². The Hall–Kier alpha value is -1.52. The zero-order valence-corrected chi connectivity index (χ0v) is 11.2. The number of nitrogens with one attached hydrogen (secondary N) is 1. The Balaban J connectivity index is 3.20. The van der Waals surface area contributed by atoms with Crippen molar-refractivity contribution in [2.45, 2.75) is 32.4 Å². The molecule has 0 aromatic heterocycles. The first-order chi connectivity index (χ1) is 8.77. The molecule has 0 fully saturated rings. The summed E-state index contributed by atoms with van der Waals surface area (Å²) in [6, 6.07) is 5.46. The summed E-state index contributed by atoms with van der Waals surface area (Å²) in [6.07, 6.45) is -4.34. The molecule has 1 N–H and O–H groups in total. The molecule has 0 spiro atoms. The average Bonchev–Trinajstić information content (AvgIpc) is 2.34. The van der Waals surface area contributed by atoms with E-state index in [1.54, 1.807) is 6.07 Å². The van der Waals surface area contributed by atoms with Gasteiger partial charge >= 0.3 is 6.18 Å². The first-order valence-electron chi connectivity index (χ1n) is 6.14. The van der Waals surface area contributed by atoms with Crippen molar-refractivity contribution in [3.05, 3.63) is 35.4 Å². The fourth-order valence-electron chi connectivity index (χ4n) is 2.09. The molecule has 0 aliphatic rings. The van der Waals surface area contributed by atoms with Gasteiger partial charge in [0.15, 0.2) is 0 Å². The largest absolute Gasteiger partial charge is 0.416 e. The summed E-state index contributed by atoms with van der Waals surface area (Å²) in [5.74, 6) is -0.755. The van der Waals surface area contributed by atoms with Gasteiger partial charge < -0.3 is 5.32 Å². The molecule has 0 radical (unpaired) electrons. The van der Waals surface area contributed by atoms with Crippen LogP contribution >= 0.6 is 0 Å². The van der Waals surface area contributed by atoms with E-state index in [4.69, 9.17) is 0 Å². The van der Waals surface area contributed by atoms with Crippen LogP contribution in [0.1, 0.15) is 37.3 Å². The molecule has 1 unspecified atom stereocenters. The van der Waals surface area contributed by atoms with E-state index in [9.17, 15) is 18.0 Å². The molecule has 0 bridgehead atoms. The van der Waals surface area contributed by atoms with E-state index in [1.807, 2.05) is 13.8 Å². The van der Waals surface area contributed by atoms with Crippen LogP contribution in [0.4, 0.5) is 13.2 Å². The summed E-state index contributed by atoms with van der Waals surface area (Å²) in [5.41, 5.74) is -0.466. The number of alkyl halides is 3. The minimum Gasteiger partial charge on any atom is -0.359 e. The molecule has 0 aliphatic heterocycles. The quantitative estimate of drug-likeness (QED) is 0.892. The summed E-state index contributed by atoms with van der Waals surface area (Å²) < 4.78 is 39.0. The van der Waals surface area contributed by atoms with Crippen molar-refractivity contribution >= 4 is 5.91 Å². The van der Waals surface area contributed by atoms with E-state index in [-0.39, 0.29) is 23.8 Å². The molecule has 0 heterocycles. The van der Waals surface area contributed by atoms with Crippen LogP contribution in [0.5, 0.6) is 0 Å². The van der Waals surface area contributed by atoms with Crippen molar-refractivity contribution in [1.82, 2.24) is 5.32 Å². The van der Waals surface area contributed by atoms with Gasteiger partial charge in [0.25, 0.3) is 0 Å². The smallest absolute Gasteiger partial charge is 0.359 e. The third-order valence-electron chi connectivity index (χ3n) is 3.15. The van der Waals surface area contributed by atoms with Crippen molar-refractivity contribution in [2.24, 2.45) is 5.92 Å². The molecular formula is C14H18F3NO. The molecule has 1 atom stereocenters. The summed E-state index contributed by atoms with van der Waals surface area (Å²) in [6.45, 7) is 3.64. The van der Waals surface area contributed by atoms with Gasteiger partial charge in [-0.15, -0.1) is 0 Å². The third kappa shape index (κ3) is 3.98. The maximum atomic E-state index is 13.0. The summed E-state index contributed by atoms with van der Waals surface area (Å²) >= 11 is 0.